The summed E-state index contributed by atoms with van der Waals surface area (Å²) < 4.78 is 4.84. The number of hydrogen-bond acceptors (Lipinski definition) is 2. The Kier molecular flexibility index (Phi) is 2.49. The minimum absolute atomic E-state index is 0.117. The summed E-state index contributed by atoms with van der Waals surface area (Å²) in [4.78, 5) is 10.9. The fourth-order valence-electron chi connectivity index (χ4n) is 1.03. The van der Waals surface area contributed by atoms with Gasteiger partial charge in [-0.25, -0.2) is 4.79 Å². The number of hydrogen-bond donors (Lipinski definition) is 0. The fraction of sp³-hybridized carbons (Fsp3) is 0.625. The molecule has 0 amide bonds. The maximum atomic E-state index is 10.9. The Bertz CT molecular complexity index is 159. The number of carbonyl (C=O) groups is 1. The highest BCUT2D eigenvalue weighted by Crippen LogP contribution is 2.12. The summed E-state index contributed by atoms with van der Waals surface area (Å²) in [5.41, 5.74) is 0.855. The third kappa shape index (κ3) is 1.59. The Labute approximate surface area is 60.9 Å². The molecule has 0 aromatic heterocycles. The maximum absolute atomic E-state index is 10.9. The zero-order valence-corrected chi connectivity index (χ0v) is 6.22. The monoisotopic (exact) mass is 140 g/mol. The van der Waals surface area contributed by atoms with Crippen LogP contribution in [0.25, 0.3) is 0 Å². The molecule has 0 N–H and O–H groups in total. The Hall–Kier alpha value is -0.790. The molecule has 1 aliphatic rings. The average Bonchev–Trinajstić information content (AvgIpc) is 1.94. The number of ether oxygens (including phenoxy) is 1. The van der Waals surface area contributed by atoms with Crippen molar-refractivity contribution in [2.75, 3.05) is 6.61 Å². The standard InChI is InChI=1S/C8H12O2/c1-2-4-7-5-3-6-10-8(7)9/h5H,2-4,6H2,1H3. The van der Waals surface area contributed by atoms with Gasteiger partial charge in [-0.1, -0.05) is 19.4 Å². The van der Waals surface area contributed by atoms with Gasteiger partial charge in [0.2, 0.25) is 0 Å². The molecule has 0 spiro atoms. The molecule has 1 heterocycles. The summed E-state index contributed by atoms with van der Waals surface area (Å²) in [6.07, 6.45) is 4.75. The molecule has 0 bridgehead atoms. The van der Waals surface area contributed by atoms with Crippen LogP contribution in [0.15, 0.2) is 11.6 Å². The van der Waals surface area contributed by atoms with E-state index in [9.17, 15) is 4.79 Å². The quantitative estimate of drug-likeness (QED) is 0.545. The minimum Gasteiger partial charge on any atom is -0.462 e. The zero-order chi connectivity index (χ0) is 7.40. The van der Waals surface area contributed by atoms with E-state index in [-0.39, 0.29) is 5.97 Å². The molecule has 0 radical (unpaired) electrons. The van der Waals surface area contributed by atoms with Gasteiger partial charge in [0.25, 0.3) is 0 Å². The Morgan fingerprint density at radius 1 is 1.70 bits per heavy atom. The normalized spacial score (nSPS) is 18.1. The second kappa shape index (κ2) is 3.40. The van der Waals surface area contributed by atoms with Crippen LogP contribution in [0.3, 0.4) is 0 Å². The van der Waals surface area contributed by atoms with Crippen LogP contribution in [-0.2, 0) is 9.53 Å². The topological polar surface area (TPSA) is 26.3 Å². The molecule has 0 atom stereocenters. The molecule has 10 heavy (non-hydrogen) atoms. The lowest BCUT2D eigenvalue weighted by atomic mass is 10.1. The van der Waals surface area contributed by atoms with Gasteiger partial charge in [-0.15, -0.1) is 0 Å². The lowest BCUT2D eigenvalue weighted by molar-refractivity contribution is -0.140. The van der Waals surface area contributed by atoms with Gasteiger partial charge in [-0.2, -0.15) is 0 Å². The maximum Gasteiger partial charge on any atom is 0.333 e. The van der Waals surface area contributed by atoms with Gasteiger partial charge in [0.05, 0.1) is 6.61 Å². The molecule has 0 saturated heterocycles. The zero-order valence-electron chi connectivity index (χ0n) is 6.22. The van der Waals surface area contributed by atoms with E-state index in [1.54, 1.807) is 0 Å². The van der Waals surface area contributed by atoms with Crippen molar-refractivity contribution in [3.05, 3.63) is 11.6 Å². The first-order valence-electron chi connectivity index (χ1n) is 3.70. The van der Waals surface area contributed by atoms with E-state index in [0.29, 0.717) is 6.61 Å². The van der Waals surface area contributed by atoms with E-state index in [4.69, 9.17) is 4.74 Å². The van der Waals surface area contributed by atoms with Crippen LogP contribution in [-0.4, -0.2) is 12.6 Å². The minimum atomic E-state index is -0.117. The summed E-state index contributed by atoms with van der Waals surface area (Å²) in [5.74, 6) is -0.117. The molecule has 1 aliphatic heterocycles. The van der Waals surface area contributed by atoms with Crippen LogP contribution in [0.5, 0.6) is 0 Å². The molecular weight excluding hydrogens is 128 g/mol. The molecule has 0 aromatic rings. The van der Waals surface area contributed by atoms with Crippen molar-refractivity contribution in [2.45, 2.75) is 26.2 Å². The molecule has 56 valence electrons. The van der Waals surface area contributed by atoms with Crippen molar-refractivity contribution < 1.29 is 9.53 Å². The summed E-state index contributed by atoms with van der Waals surface area (Å²) in [5, 5.41) is 0. The van der Waals surface area contributed by atoms with Crippen molar-refractivity contribution >= 4 is 5.97 Å². The van der Waals surface area contributed by atoms with Crippen molar-refractivity contribution in [2.24, 2.45) is 0 Å². The van der Waals surface area contributed by atoms with E-state index in [2.05, 4.69) is 6.92 Å². The van der Waals surface area contributed by atoms with Gasteiger partial charge in [-0.05, 0) is 6.42 Å². The second-order valence-corrected chi connectivity index (χ2v) is 2.40. The van der Waals surface area contributed by atoms with E-state index < -0.39 is 0 Å². The van der Waals surface area contributed by atoms with Crippen molar-refractivity contribution in [3.63, 3.8) is 0 Å². The van der Waals surface area contributed by atoms with Crippen LogP contribution in [0.2, 0.25) is 0 Å². The predicted molar refractivity (Wildman–Crippen MR) is 38.6 cm³/mol. The summed E-state index contributed by atoms with van der Waals surface area (Å²) in [6.45, 7) is 2.62. The molecule has 1 rings (SSSR count). The lowest BCUT2D eigenvalue weighted by Crippen LogP contribution is -2.13. The van der Waals surface area contributed by atoms with Gasteiger partial charge >= 0.3 is 5.97 Å². The van der Waals surface area contributed by atoms with E-state index >= 15 is 0 Å². The third-order valence-electron chi connectivity index (χ3n) is 1.52. The lowest BCUT2D eigenvalue weighted by Gasteiger charge is -2.11. The largest absolute Gasteiger partial charge is 0.462 e. The molecule has 0 unspecified atom stereocenters. The van der Waals surface area contributed by atoms with Crippen LogP contribution in [0.4, 0.5) is 0 Å². The van der Waals surface area contributed by atoms with Crippen molar-refractivity contribution in [3.8, 4) is 0 Å². The van der Waals surface area contributed by atoms with Crippen molar-refractivity contribution in [1.29, 1.82) is 0 Å². The van der Waals surface area contributed by atoms with Gasteiger partial charge in [0, 0.05) is 12.0 Å². The fourth-order valence-corrected chi connectivity index (χ4v) is 1.03. The van der Waals surface area contributed by atoms with Crippen molar-refractivity contribution in [1.82, 2.24) is 0 Å². The summed E-state index contributed by atoms with van der Waals surface area (Å²) in [7, 11) is 0. The van der Waals surface area contributed by atoms with E-state index in [1.807, 2.05) is 6.08 Å². The Balaban J connectivity index is 2.53. The highest BCUT2D eigenvalue weighted by molar-refractivity contribution is 5.88. The Morgan fingerprint density at radius 3 is 3.10 bits per heavy atom. The van der Waals surface area contributed by atoms with Gasteiger partial charge in [0.1, 0.15) is 0 Å². The Morgan fingerprint density at radius 2 is 2.50 bits per heavy atom. The van der Waals surface area contributed by atoms with E-state index in [0.717, 1.165) is 24.8 Å². The van der Waals surface area contributed by atoms with Crippen LogP contribution in [0.1, 0.15) is 26.2 Å². The van der Waals surface area contributed by atoms with Gasteiger partial charge in [0.15, 0.2) is 0 Å². The number of esters is 1. The van der Waals surface area contributed by atoms with Crippen LogP contribution < -0.4 is 0 Å². The smallest absolute Gasteiger partial charge is 0.333 e. The molecule has 0 aliphatic carbocycles. The highest BCUT2D eigenvalue weighted by atomic mass is 16.5. The summed E-state index contributed by atoms with van der Waals surface area (Å²) in [6, 6.07) is 0. The molecule has 0 saturated carbocycles. The molecule has 0 aromatic carbocycles. The summed E-state index contributed by atoms with van der Waals surface area (Å²) >= 11 is 0. The predicted octanol–water partition coefficient (Wildman–Crippen LogP) is 1.66. The van der Waals surface area contributed by atoms with E-state index in [1.165, 1.54) is 0 Å². The van der Waals surface area contributed by atoms with Crippen LogP contribution in [0, 0.1) is 0 Å². The first kappa shape index (κ1) is 7.32. The molecular formula is C8H12O2. The first-order chi connectivity index (χ1) is 4.84. The average molecular weight is 140 g/mol. The first-order valence-corrected chi connectivity index (χ1v) is 3.70. The molecule has 2 nitrogen and oxygen atoms in total. The third-order valence-corrected chi connectivity index (χ3v) is 1.52. The number of cyclic esters (lactones) is 1. The number of carbonyl (C=O) groups excluding carboxylic acids is 1. The number of rotatable bonds is 2. The van der Waals surface area contributed by atoms with Crippen LogP contribution >= 0.6 is 0 Å². The second-order valence-electron chi connectivity index (χ2n) is 2.40. The molecule has 0 fully saturated rings. The van der Waals surface area contributed by atoms with Gasteiger partial charge < -0.3 is 4.74 Å². The molecule has 2 heteroatoms. The SMILES string of the molecule is CCCC1=CCCOC1=O. The van der Waals surface area contributed by atoms with Gasteiger partial charge in [-0.3, -0.25) is 0 Å². The highest BCUT2D eigenvalue weighted by Gasteiger charge is 2.12.